The summed E-state index contributed by atoms with van der Waals surface area (Å²) in [6.45, 7) is 6.67. The van der Waals surface area contributed by atoms with Gasteiger partial charge < -0.3 is 15.0 Å². The van der Waals surface area contributed by atoms with E-state index in [0.717, 1.165) is 31.6 Å². The van der Waals surface area contributed by atoms with Crippen LogP contribution in [0.3, 0.4) is 0 Å². The summed E-state index contributed by atoms with van der Waals surface area (Å²) in [7, 11) is 1.36. The van der Waals surface area contributed by atoms with Crippen LogP contribution in [0.2, 0.25) is 5.02 Å². The smallest absolute Gasteiger partial charge is 0.339 e. The number of ether oxygens (including phenoxy) is 1. The van der Waals surface area contributed by atoms with E-state index in [-0.39, 0.29) is 0 Å². The molecule has 0 aliphatic carbocycles. The number of halogens is 1. The van der Waals surface area contributed by atoms with Crippen LogP contribution >= 0.6 is 11.6 Å². The average molecular weight is 311 g/mol. The second-order valence-electron chi connectivity index (χ2n) is 5.73. The molecule has 0 spiro atoms. The monoisotopic (exact) mass is 310 g/mol. The van der Waals surface area contributed by atoms with Crippen LogP contribution in [-0.2, 0) is 4.74 Å². The number of carbonyl (C=O) groups excluding carboxylic acids is 1. The van der Waals surface area contributed by atoms with Gasteiger partial charge in [0.05, 0.1) is 17.7 Å². The van der Waals surface area contributed by atoms with Gasteiger partial charge >= 0.3 is 5.97 Å². The summed E-state index contributed by atoms with van der Waals surface area (Å²) in [5.74, 6) is -0.404. The van der Waals surface area contributed by atoms with Crippen molar-refractivity contribution in [1.82, 2.24) is 4.90 Å². The van der Waals surface area contributed by atoms with Gasteiger partial charge in [-0.1, -0.05) is 11.6 Å². The molecule has 2 rings (SSSR count). The van der Waals surface area contributed by atoms with Gasteiger partial charge in [0.1, 0.15) is 0 Å². The summed E-state index contributed by atoms with van der Waals surface area (Å²) in [6.07, 6.45) is 2.21. The Labute approximate surface area is 131 Å². The summed E-state index contributed by atoms with van der Waals surface area (Å²) in [5, 5.41) is 3.91. The number of piperidine rings is 1. The first-order chi connectivity index (χ1) is 10.0. The van der Waals surface area contributed by atoms with Crippen molar-refractivity contribution in [3.05, 3.63) is 28.8 Å². The van der Waals surface area contributed by atoms with Crippen LogP contribution in [0, 0.1) is 0 Å². The van der Waals surface area contributed by atoms with E-state index in [0.29, 0.717) is 22.7 Å². The summed E-state index contributed by atoms with van der Waals surface area (Å²) < 4.78 is 4.74. The molecule has 1 N–H and O–H groups in total. The van der Waals surface area contributed by atoms with E-state index in [2.05, 4.69) is 24.1 Å². The molecule has 1 aliphatic heterocycles. The fraction of sp³-hybridized carbons (Fsp3) is 0.562. The molecule has 0 radical (unpaired) electrons. The quantitative estimate of drug-likeness (QED) is 0.865. The van der Waals surface area contributed by atoms with E-state index in [1.165, 1.54) is 7.11 Å². The molecule has 0 bridgehead atoms. The third-order valence-corrected chi connectivity index (χ3v) is 4.33. The Morgan fingerprint density at radius 2 is 2.05 bits per heavy atom. The number of nitrogens with one attached hydrogen (secondary N) is 1. The molecule has 1 aromatic carbocycles. The third-order valence-electron chi connectivity index (χ3n) is 4.00. The number of benzene rings is 1. The van der Waals surface area contributed by atoms with E-state index in [4.69, 9.17) is 16.3 Å². The lowest BCUT2D eigenvalue weighted by Gasteiger charge is -2.35. The van der Waals surface area contributed by atoms with Crippen molar-refractivity contribution in [2.45, 2.75) is 38.8 Å². The Bertz CT molecular complexity index is 497. The minimum absolute atomic E-state index is 0.404. The molecule has 1 aliphatic rings. The highest BCUT2D eigenvalue weighted by Gasteiger charge is 2.21. The molecule has 4 nitrogen and oxygen atoms in total. The molecule has 0 atom stereocenters. The van der Waals surface area contributed by atoms with Gasteiger partial charge in [-0.3, -0.25) is 0 Å². The molecule has 21 heavy (non-hydrogen) atoms. The number of carbonyl (C=O) groups is 1. The number of methoxy groups -OCH3 is 1. The number of hydrogen-bond acceptors (Lipinski definition) is 4. The first kappa shape index (κ1) is 16.1. The molecule has 0 aromatic heterocycles. The minimum Gasteiger partial charge on any atom is -0.465 e. The van der Waals surface area contributed by atoms with Crippen molar-refractivity contribution in [1.29, 1.82) is 0 Å². The summed E-state index contributed by atoms with van der Waals surface area (Å²) >= 11 is 6.03. The highest BCUT2D eigenvalue weighted by atomic mass is 35.5. The normalized spacial score (nSPS) is 17.0. The van der Waals surface area contributed by atoms with Crippen molar-refractivity contribution >= 4 is 23.3 Å². The molecular weight excluding hydrogens is 288 g/mol. The first-order valence-corrected chi connectivity index (χ1v) is 7.77. The van der Waals surface area contributed by atoms with E-state index in [9.17, 15) is 4.79 Å². The fourth-order valence-corrected chi connectivity index (χ4v) is 2.87. The van der Waals surface area contributed by atoms with Crippen LogP contribution in [0.4, 0.5) is 5.69 Å². The zero-order valence-corrected chi connectivity index (χ0v) is 13.6. The van der Waals surface area contributed by atoms with Gasteiger partial charge in [-0.05, 0) is 44.9 Å². The highest BCUT2D eigenvalue weighted by Crippen LogP contribution is 2.24. The molecule has 1 saturated heterocycles. The van der Waals surface area contributed by atoms with Gasteiger partial charge in [0.2, 0.25) is 0 Å². The average Bonchev–Trinajstić information content (AvgIpc) is 2.49. The minimum atomic E-state index is -0.404. The molecule has 0 saturated carbocycles. The Kier molecular flexibility index (Phi) is 5.48. The summed E-state index contributed by atoms with van der Waals surface area (Å²) in [6, 6.07) is 6.45. The van der Waals surface area contributed by atoms with Gasteiger partial charge in [0.15, 0.2) is 0 Å². The zero-order chi connectivity index (χ0) is 15.4. The largest absolute Gasteiger partial charge is 0.465 e. The molecule has 116 valence electrons. The lowest BCUT2D eigenvalue weighted by Crippen LogP contribution is -2.42. The lowest BCUT2D eigenvalue weighted by molar-refractivity contribution is 0.0601. The molecule has 1 heterocycles. The van der Waals surface area contributed by atoms with Crippen LogP contribution in [0.1, 0.15) is 37.0 Å². The maximum atomic E-state index is 11.7. The van der Waals surface area contributed by atoms with Crippen molar-refractivity contribution in [2.24, 2.45) is 0 Å². The molecule has 5 heteroatoms. The number of likely N-dealkylation sites (tertiary alicyclic amines) is 1. The molecule has 0 unspecified atom stereocenters. The van der Waals surface area contributed by atoms with E-state index >= 15 is 0 Å². The Morgan fingerprint density at radius 1 is 1.38 bits per heavy atom. The number of hydrogen-bond donors (Lipinski definition) is 1. The second kappa shape index (κ2) is 7.14. The van der Waals surface area contributed by atoms with Gasteiger partial charge in [0.25, 0.3) is 0 Å². The first-order valence-electron chi connectivity index (χ1n) is 7.39. The van der Waals surface area contributed by atoms with Gasteiger partial charge in [-0.2, -0.15) is 0 Å². The molecule has 1 aromatic rings. The molecular formula is C16H23ClN2O2. The van der Waals surface area contributed by atoms with Gasteiger partial charge in [-0.25, -0.2) is 4.79 Å². The highest BCUT2D eigenvalue weighted by molar-refractivity contribution is 6.33. The second-order valence-corrected chi connectivity index (χ2v) is 6.14. The predicted octanol–water partition coefficient (Wildman–Crippen LogP) is 3.41. The standard InChI is InChI=1S/C16H23ClN2O2/c1-11(2)19-8-6-12(7-9-19)18-13-4-5-15(17)14(10-13)16(20)21-3/h4-5,10-12,18H,6-9H2,1-3H3. The Balaban J connectivity index is 1.99. The fourth-order valence-electron chi connectivity index (χ4n) is 2.68. The van der Waals surface area contributed by atoms with Crippen LogP contribution in [0.25, 0.3) is 0 Å². The lowest BCUT2D eigenvalue weighted by atomic mass is 10.0. The van der Waals surface area contributed by atoms with Crippen molar-refractivity contribution in [3.8, 4) is 0 Å². The van der Waals surface area contributed by atoms with E-state index in [1.807, 2.05) is 6.07 Å². The van der Waals surface area contributed by atoms with Crippen LogP contribution < -0.4 is 5.32 Å². The maximum absolute atomic E-state index is 11.7. The summed E-state index contributed by atoms with van der Waals surface area (Å²) in [5.41, 5.74) is 1.33. The topological polar surface area (TPSA) is 41.6 Å². The Morgan fingerprint density at radius 3 is 2.62 bits per heavy atom. The third kappa shape index (κ3) is 4.11. The van der Waals surface area contributed by atoms with Crippen molar-refractivity contribution in [2.75, 3.05) is 25.5 Å². The number of nitrogens with zero attached hydrogens (tertiary/aromatic N) is 1. The van der Waals surface area contributed by atoms with Crippen LogP contribution in [0.15, 0.2) is 18.2 Å². The zero-order valence-electron chi connectivity index (χ0n) is 12.9. The predicted molar refractivity (Wildman–Crippen MR) is 86.1 cm³/mol. The van der Waals surface area contributed by atoms with Crippen LogP contribution in [0.5, 0.6) is 0 Å². The van der Waals surface area contributed by atoms with E-state index < -0.39 is 5.97 Å². The number of rotatable bonds is 4. The van der Waals surface area contributed by atoms with Crippen LogP contribution in [-0.4, -0.2) is 43.2 Å². The van der Waals surface area contributed by atoms with E-state index in [1.54, 1.807) is 12.1 Å². The maximum Gasteiger partial charge on any atom is 0.339 e. The van der Waals surface area contributed by atoms with Crippen molar-refractivity contribution < 1.29 is 9.53 Å². The Hall–Kier alpha value is -1.26. The number of esters is 1. The number of anilines is 1. The van der Waals surface area contributed by atoms with Gasteiger partial charge in [0, 0.05) is 30.9 Å². The molecule has 1 fully saturated rings. The molecule has 0 amide bonds. The summed E-state index contributed by atoms with van der Waals surface area (Å²) in [4.78, 5) is 14.1. The van der Waals surface area contributed by atoms with Crippen molar-refractivity contribution in [3.63, 3.8) is 0 Å². The SMILES string of the molecule is COC(=O)c1cc(NC2CCN(C(C)C)CC2)ccc1Cl. The van der Waals surface area contributed by atoms with Gasteiger partial charge in [-0.15, -0.1) is 0 Å².